The molecule has 2 atom stereocenters. The van der Waals surface area contributed by atoms with Gasteiger partial charge in [-0.05, 0) is 37.5 Å². The highest BCUT2D eigenvalue weighted by molar-refractivity contribution is 9.10. The molecule has 2 aliphatic carbocycles. The van der Waals surface area contributed by atoms with Gasteiger partial charge in [0.2, 0.25) is 0 Å². The van der Waals surface area contributed by atoms with Gasteiger partial charge in [-0.3, -0.25) is 0 Å². The lowest BCUT2D eigenvalue weighted by Crippen LogP contribution is -2.57. The van der Waals surface area contributed by atoms with E-state index in [9.17, 15) is 0 Å². The predicted molar refractivity (Wildman–Crippen MR) is 87.7 cm³/mol. The molecule has 2 aliphatic rings. The van der Waals surface area contributed by atoms with Crippen molar-refractivity contribution in [1.29, 1.82) is 0 Å². The summed E-state index contributed by atoms with van der Waals surface area (Å²) in [5.74, 6) is 1.01. The molecule has 0 bridgehead atoms. The minimum Gasteiger partial charge on any atom is -0.489 e. The number of aryl methyl sites for hydroxylation is 1. The largest absolute Gasteiger partial charge is 0.489 e. The van der Waals surface area contributed by atoms with E-state index in [-0.39, 0.29) is 5.41 Å². The van der Waals surface area contributed by atoms with E-state index in [1.807, 2.05) is 0 Å². The molecular weight excluding hydrogens is 336 g/mol. The van der Waals surface area contributed by atoms with Crippen molar-refractivity contribution in [3.63, 3.8) is 0 Å². The second-order valence-electron chi connectivity index (χ2n) is 6.37. The quantitative estimate of drug-likeness (QED) is 0.603. The minimum absolute atomic E-state index is 0.229. The van der Waals surface area contributed by atoms with Crippen LogP contribution in [-0.2, 0) is 0 Å². The molecule has 3 heteroatoms. The molecule has 0 amide bonds. The maximum atomic E-state index is 6.60. The first-order chi connectivity index (χ1) is 9.62. The monoisotopic (exact) mass is 356 g/mol. The second-order valence-corrected chi connectivity index (χ2v) is 7.81. The molecule has 0 heterocycles. The van der Waals surface area contributed by atoms with Gasteiger partial charge < -0.3 is 4.74 Å². The number of hydrogen-bond donors (Lipinski definition) is 0. The Hall–Kier alpha value is -0.210. The van der Waals surface area contributed by atoms with E-state index >= 15 is 0 Å². The van der Waals surface area contributed by atoms with Crippen molar-refractivity contribution < 1.29 is 4.74 Å². The topological polar surface area (TPSA) is 9.23 Å². The van der Waals surface area contributed by atoms with E-state index in [0.29, 0.717) is 11.5 Å². The summed E-state index contributed by atoms with van der Waals surface area (Å²) in [7, 11) is 0. The fraction of sp³-hybridized carbons (Fsp3) is 0.647. The summed E-state index contributed by atoms with van der Waals surface area (Å²) in [6.07, 6.45) is 9.09. The number of rotatable bonds is 2. The van der Waals surface area contributed by atoms with Gasteiger partial charge in [0.1, 0.15) is 11.9 Å². The first kappa shape index (κ1) is 14.7. The molecule has 1 spiro atoms. The van der Waals surface area contributed by atoms with Crippen LogP contribution >= 0.6 is 27.5 Å². The Morgan fingerprint density at radius 2 is 1.90 bits per heavy atom. The van der Waals surface area contributed by atoms with Gasteiger partial charge in [-0.1, -0.05) is 47.7 Å². The average Bonchev–Trinajstić information content (AvgIpc) is 2.70. The second kappa shape index (κ2) is 5.88. The Kier molecular flexibility index (Phi) is 4.33. The third kappa shape index (κ3) is 2.62. The van der Waals surface area contributed by atoms with Crippen LogP contribution in [0.15, 0.2) is 22.7 Å². The minimum atomic E-state index is 0.229. The van der Waals surface area contributed by atoms with Crippen LogP contribution < -0.4 is 4.74 Å². The van der Waals surface area contributed by atoms with E-state index in [1.165, 1.54) is 44.1 Å². The third-order valence-electron chi connectivity index (χ3n) is 5.14. The molecule has 0 aromatic heterocycles. The van der Waals surface area contributed by atoms with Gasteiger partial charge in [0, 0.05) is 21.7 Å². The summed E-state index contributed by atoms with van der Waals surface area (Å²) in [6.45, 7) is 2.11. The fourth-order valence-corrected chi connectivity index (χ4v) is 4.60. The Labute approximate surface area is 135 Å². The van der Waals surface area contributed by atoms with E-state index in [1.54, 1.807) is 0 Å². The summed E-state index contributed by atoms with van der Waals surface area (Å²) < 4.78 is 7.45. The number of benzene rings is 1. The van der Waals surface area contributed by atoms with Crippen LogP contribution in [0, 0.1) is 12.3 Å². The molecule has 0 aliphatic heterocycles. The van der Waals surface area contributed by atoms with Crippen molar-refractivity contribution in [3.05, 3.63) is 28.2 Å². The highest BCUT2D eigenvalue weighted by atomic mass is 79.9. The van der Waals surface area contributed by atoms with E-state index in [4.69, 9.17) is 16.3 Å². The SMILES string of the molecule is Cc1ccc(Br)cc1OC1CC(Cl)C12CCCCCC2. The first-order valence-corrected chi connectivity index (χ1v) is 8.92. The summed E-state index contributed by atoms with van der Waals surface area (Å²) in [5, 5.41) is 0.304. The summed E-state index contributed by atoms with van der Waals surface area (Å²) in [6, 6.07) is 6.26. The van der Waals surface area contributed by atoms with Gasteiger partial charge in [0.15, 0.2) is 0 Å². The zero-order valence-electron chi connectivity index (χ0n) is 12.0. The molecule has 2 unspecified atom stereocenters. The number of alkyl halides is 1. The Balaban J connectivity index is 1.78. The molecule has 0 N–H and O–H groups in total. The Bertz CT molecular complexity index is 480. The van der Waals surface area contributed by atoms with Crippen molar-refractivity contribution in [3.8, 4) is 5.75 Å². The molecule has 0 saturated heterocycles. The molecule has 3 rings (SSSR count). The molecule has 110 valence electrons. The number of halogens is 2. The number of hydrogen-bond acceptors (Lipinski definition) is 1. The van der Waals surface area contributed by atoms with Crippen LogP contribution in [0.3, 0.4) is 0 Å². The summed E-state index contributed by atoms with van der Waals surface area (Å²) in [4.78, 5) is 0. The Morgan fingerprint density at radius 1 is 1.20 bits per heavy atom. The van der Waals surface area contributed by atoms with Crippen molar-refractivity contribution in [1.82, 2.24) is 0 Å². The lowest BCUT2D eigenvalue weighted by Gasteiger charge is -2.53. The van der Waals surface area contributed by atoms with Crippen molar-refractivity contribution in [2.75, 3.05) is 0 Å². The fourth-order valence-electron chi connectivity index (χ4n) is 3.74. The van der Waals surface area contributed by atoms with E-state index < -0.39 is 0 Å². The maximum Gasteiger partial charge on any atom is 0.123 e. The van der Waals surface area contributed by atoms with Crippen molar-refractivity contribution >= 4 is 27.5 Å². The highest BCUT2D eigenvalue weighted by Gasteiger charge is 2.55. The van der Waals surface area contributed by atoms with Crippen LogP contribution in [-0.4, -0.2) is 11.5 Å². The van der Waals surface area contributed by atoms with Crippen LogP contribution in [0.25, 0.3) is 0 Å². The van der Waals surface area contributed by atoms with Crippen molar-refractivity contribution in [2.24, 2.45) is 5.41 Å². The van der Waals surface area contributed by atoms with Crippen LogP contribution in [0.5, 0.6) is 5.75 Å². The van der Waals surface area contributed by atoms with Crippen molar-refractivity contribution in [2.45, 2.75) is 63.4 Å². The zero-order valence-corrected chi connectivity index (χ0v) is 14.3. The maximum absolute atomic E-state index is 6.60. The molecule has 0 radical (unpaired) electrons. The standard InChI is InChI=1S/C17H22BrClO/c1-12-6-7-13(18)10-14(12)20-16-11-15(19)17(16)8-4-2-3-5-9-17/h6-7,10,15-16H,2-5,8-9,11H2,1H3. The molecule has 2 fully saturated rings. The van der Waals surface area contributed by atoms with Gasteiger partial charge >= 0.3 is 0 Å². The first-order valence-electron chi connectivity index (χ1n) is 7.69. The normalized spacial score (nSPS) is 28.8. The molecule has 1 nitrogen and oxygen atoms in total. The molecule has 1 aromatic carbocycles. The molecule has 1 aromatic rings. The van der Waals surface area contributed by atoms with Gasteiger partial charge in [0.25, 0.3) is 0 Å². The lowest BCUT2D eigenvalue weighted by molar-refractivity contribution is -0.0516. The van der Waals surface area contributed by atoms with Gasteiger partial charge in [0.05, 0.1) is 0 Å². The van der Waals surface area contributed by atoms with E-state index in [2.05, 4.69) is 41.1 Å². The molecule has 2 saturated carbocycles. The van der Waals surface area contributed by atoms with E-state index in [0.717, 1.165) is 16.6 Å². The zero-order chi connectivity index (χ0) is 14.2. The summed E-state index contributed by atoms with van der Waals surface area (Å²) >= 11 is 10.1. The predicted octanol–water partition coefficient (Wildman–Crippen LogP) is 5.86. The smallest absolute Gasteiger partial charge is 0.123 e. The third-order valence-corrected chi connectivity index (χ3v) is 6.25. The van der Waals surface area contributed by atoms with Gasteiger partial charge in [-0.2, -0.15) is 0 Å². The van der Waals surface area contributed by atoms with Gasteiger partial charge in [-0.25, -0.2) is 0 Å². The summed E-state index contributed by atoms with van der Waals surface area (Å²) in [5.41, 5.74) is 1.43. The molecule has 20 heavy (non-hydrogen) atoms. The van der Waals surface area contributed by atoms with Gasteiger partial charge in [-0.15, -0.1) is 11.6 Å². The van der Waals surface area contributed by atoms with Crippen LogP contribution in [0.1, 0.15) is 50.5 Å². The number of ether oxygens (including phenoxy) is 1. The highest BCUT2D eigenvalue weighted by Crippen LogP contribution is 2.55. The van der Waals surface area contributed by atoms with Crippen LogP contribution in [0.4, 0.5) is 0 Å². The Morgan fingerprint density at radius 3 is 2.55 bits per heavy atom. The van der Waals surface area contributed by atoms with Crippen LogP contribution in [0.2, 0.25) is 0 Å². The lowest BCUT2D eigenvalue weighted by atomic mass is 9.61. The average molecular weight is 358 g/mol. The molecular formula is C17H22BrClO.